The van der Waals surface area contributed by atoms with Gasteiger partial charge in [-0.1, -0.05) is 38.2 Å². The molecule has 6 heteroatoms. The second kappa shape index (κ2) is 11.5. The van der Waals surface area contributed by atoms with Gasteiger partial charge in [-0.25, -0.2) is 0 Å². The van der Waals surface area contributed by atoms with E-state index in [1.165, 1.54) is 32.1 Å². The molecule has 0 spiro atoms. The molecule has 28 heavy (non-hydrogen) atoms. The molecule has 0 unspecified atom stereocenters. The van der Waals surface area contributed by atoms with Gasteiger partial charge in [0.2, 0.25) is 0 Å². The molecule has 0 atom stereocenters. The Balaban J connectivity index is 1.77. The lowest BCUT2D eigenvalue weighted by Gasteiger charge is -2.20. The van der Waals surface area contributed by atoms with Crippen molar-refractivity contribution in [3.8, 4) is 0 Å². The molecule has 1 aliphatic rings. The molecule has 0 aliphatic heterocycles. The summed E-state index contributed by atoms with van der Waals surface area (Å²) >= 11 is 0. The number of benzene rings is 1. The lowest BCUT2D eigenvalue weighted by molar-refractivity contribution is -0.147. The van der Waals surface area contributed by atoms with Crippen LogP contribution in [0.3, 0.4) is 0 Å². The number of esters is 1. The number of nitrogens with one attached hydrogen (secondary N) is 1. The van der Waals surface area contributed by atoms with Crippen LogP contribution in [0.2, 0.25) is 0 Å². The summed E-state index contributed by atoms with van der Waals surface area (Å²) in [6.45, 7) is 4.80. The summed E-state index contributed by atoms with van der Waals surface area (Å²) in [7, 11) is 0. The molecule has 2 amide bonds. The molecule has 1 saturated carbocycles. The van der Waals surface area contributed by atoms with Crippen LogP contribution in [0.25, 0.3) is 0 Å². The molecule has 2 rings (SSSR count). The predicted molar refractivity (Wildman–Crippen MR) is 109 cm³/mol. The molecule has 0 bridgehead atoms. The van der Waals surface area contributed by atoms with Crippen LogP contribution in [-0.4, -0.2) is 42.4 Å². The van der Waals surface area contributed by atoms with Crippen LogP contribution in [0, 0.1) is 5.92 Å². The Bertz CT molecular complexity index is 664. The smallest absolute Gasteiger partial charge is 0.306 e. The largest absolute Gasteiger partial charge is 0.456 e. The maximum atomic E-state index is 12.4. The van der Waals surface area contributed by atoms with E-state index in [-0.39, 0.29) is 18.5 Å². The van der Waals surface area contributed by atoms with Gasteiger partial charge in [-0.05, 0) is 44.4 Å². The van der Waals surface area contributed by atoms with E-state index in [9.17, 15) is 14.4 Å². The minimum atomic E-state index is -0.404. The van der Waals surface area contributed by atoms with Gasteiger partial charge >= 0.3 is 5.97 Å². The molecule has 0 saturated heterocycles. The third-order valence-electron chi connectivity index (χ3n) is 5.29. The minimum Gasteiger partial charge on any atom is -0.456 e. The van der Waals surface area contributed by atoms with E-state index < -0.39 is 5.91 Å². The predicted octanol–water partition coefficient (Wildman–Crippen LogP) is 4.01. The van der Waals surface area contributed by atoms with Crippen molar-refractivity contribution < 1.29 is 19.1 Å². The molecule has 1 fully saturated rings. The van der Waals surface area contributed by atoms with Crippen molar-refractivity contribution in [3.05, 3.63) is 29.8 Å². The van der Waals surface area contributed by atoms with Crippen LogP contribution in [-0.2, 0) is 14.3 Å². The molecule has 1 N–H and O–H groups in total. The summed E-state index contributed by atoms with van der Waals surface area (Å²) in [5.41, 5.74) is 1.03. The van der Waals surface area contributed by atoms with Crippen molar-refractivity contribution in [2.75, 3.05) is 25.0 Å². The highest BCUT2D eigenvalue weighted by molar-refractivity contribution is 5.97. The quantitative estimate of drug-likeness (QED) is 0.649. The molecule has 0 heterocycles. The first-order chi connectivity index (χ1) is 13.5. The zero-order valence-electron chi connectivity index (χ0n) is 17.0. The maximum Gasteiger partial charge on any atom is 0.306 e. The summed E-state index contributed by atoms with van der Waals surface area (Å²) < 4.78 is 5.09. The molecule has 6 nitrogen and oxygen atoms in total. The molecule has 1 aromatic rings. The highest BCUT2D eigenvalue weighted by Crippen LogP contribution is 2.27. The number of hydrogen-bond donors (Lipinski definition) is 1. The lowest BCUT2D eigenvalue weighted by Crippen LogP contribution is -2.30. The Hall–Kier alpha value is -2.37. The average Bonchev–Trinajstić information content (AvgIpc) is 2.72. The number of amides is 2. The lowest BCUT2D eigenvalue weighted by atomic mass is 9.86. The fraction of sp³-hybridized carbons (Fsp3) is 0.591. The van der Waals surface area contributed by atoms with Crippen LogP contribution in [0.15, 0.2) is 24.3 Å². The summed E-state index contributed by atoms with van der Waals surface area (Å²) in [6, 6.07) is 6.80. The van der Waals surface area contributed by atoms with Crippen molar-refractivity contribution in [2.24, 2.45) is 5.92 Å². The highest BCUT2D eigenvalue weighted by atomic mass is 16.5. The van der Waals surface area contributed by atoms with Crippen LogP contribution in [0.4, 0.5) is 5.69 Å². The standard InChI is InChI=1S/C22H32N2O4/c1-3-24(4-2)22(27)18-11-8-12-19(15-18)23-20(25)16-28-21(26)14-13-17-9-6-5-7-10-17/h8,11-12,15,17H,3-7,9-10,13-14,16H2,1-2H3,(H,23,25). The van der Waals surface area contributed by atoms with Gasteiger partial charge in [-0.15, -0.1) is 0 Å². The van der Waals surface area contributed by atoms with Gasteiger partial charge in [0.05, 0.1) is 0 Å². The van der Waals surface area contributed by atoms with Crippen LogP contribution >= 0.6 is 0 Å². The van der Waals surface area contributed by atoms with Gasteiger partial charge in [0.25, 0.3) is 11.8 Å². The summed E-state index contributed by atoms with van der Waals surface area (Å²) in [5.74, 6) is -0.193. The summed E-state index contributed by atoms with van der Waals surface area (Å²) in [4.78, 5) is 38.1. The van der Waals surface area contributed by atoms with Crippen LogP contribution in [0.1, 0.15) is 69.2 Å². The van der Waals surface area contributed by atoms with Gasteiger partial charge < -0.3 is 15.0 Å². The molecular formula is C22H32N2O4. The zero-order valence-corrected chi connectivity index (χ0v) is 17.0. The first-order valence-corrected chi connectivity index (χ1v) is 10.4. The van der Waals surface area contributed by atoms with E-state index in [1.807, 2.05) is 13.8 Å². The average molecular weight is 389 g/mol. The summed E-state index contributed by atoms with van der Waals surface area (Å²) in [5, 5.41) is 2.69. The Morgan fingerprint density at radius 2 is 1.82 bits per heavy atom. The van der Waals surface area contributed by atoms with Crippen molar-refractivity contribution in [2.45, 2.75) is 58.8 Å². The SMILES string of the molecule is CCN(CC)C(=O)c1cccc(NC(=O)COC(=O)CCC2CCCCC2)c1. The van der Waals surface area contributed by atoms with E-state index in [1.54, 1.807) is 29.2 Å². The number of nitrogens with zero attached hydrogens (tertiary/aromatic N) is 1. The highest BCUT2D eigenvalue weighted by Gasteiger charge is 2.16. The second-order valence-corrected chi connectivity index (χ2v) is 7.31. The van der Waals surface area contributed by atoms with Crippen LogP contribution in [0.5, 0.6) is 0 Å². The van der Waals surface area contributed by atoms with Gasteiger partial charge in [-0.2, -0.15) is 0 Å². The Morgan fingerprint density at radius 1 is 1.11 bits per heavy atom. The third kappa shape index (κ3) is 6.98. The number of carbonyl (C=O) groups is 3. The molecular weight excluding hydrogens is 356 g/mol. The Morgan fingerprint density at radius 3 is 2.50 bits per heavy atom. The van der Waals surface area contributed by atoms with Gasteiger partial charge in [0.15, 0.2) is 6.61 Å². The van der Waals surface area contributed by atoms with Crippen LogP contribution < -0.4 is 5.32 Å². The van der Waals surface area contributed by atoms with Crippen molar-refractivity contribution in [3.63, 3.8) is 0 Å². The van der Waals surface area contributed by atoms with E-state index in [0.717, 1.165) is 6.42 Å². The van der Waals surface area contributed by atoms with E-state index in [2.05, 4.69) is 5.32 Å². The maximum absolute atomic E-state index is 12.4. The fourth-order valence-electron chi connectivity index (χ4n) is 3.64. The summed E-state index contributed by atoms with van der Waals surface area (Å²) in [6.07, 6.45) is 7.38. The molecule has 0 aromatic heterocycles. The Kier molecular flexibility index (Phi) is 8.98. The van der Waals surface area contributed by atoms with Gasteiger partial charge in [0, 0.05) is 30.8 Å². The topological polar surface area (TPSA) is 75.7 Å². The number of hydrogen-bond acceptors (Lipinski definition) is 4. The minimum absolute atomic E-state index is 0.0739. The first kappa shape index (κ1) is 21.9. The van der Waals surface area contributed by atoms with Gasteiger partial charge in [0.1, 0.15) is 0 Å². The van der Waals surface area contributed by atoms with E-state index in [0.29, 0.717) is 36.7 Å². The second-order valence-electron chi connectivity index (χ2n) is 7.31. The van der Waals surface area contributed by atoms with Crippen molar-refractivity contribution in [1.82, 2.24) is 4.90 Å². The van der Waals surface area contributed by atoms with Crippen molar-refractivity contribution in [1.29, 1.82) is 0 Å². The molecule has 1 aliphatic carbocycles. The number of rotatable bonds is 9. The normalized spacial score (nSPS) is 14.4. The zero-order chi connectivity index (χ0) is 20.4. The van der Waals surface area contributed by atoms with E-state index in [4.69, 9.17) is 4.74 Å². The number of carbonyl (C=O) groups excluding carboxylic acids is 3. The molecule has 0 radical (unpaired) electrons. The third-order valence-corrected chi connectivity index (χ3v) is 5.29. The molecule has 1 aromatic carbocycles. The Labute approximate surface area is 167 Å². The fourth-order valence-corrected chi connectivity index (χ4v) is 3.64. The number of anilines is 1. The first-order valence-electron chi connectivity index (χ1n) is 10.4. The van der Waals surface area contributed by atoms with E-state index >= 15 is 0 Å². The van der Waals surface area contributed by atoms with Crippen molar-refractivity contribution >= 4 is 23.5 Å². The monoisotopic (exact) mass is 388 g/mol. The number of ether oxygens (including phenoxy) is 1. The molecule has 154 valence electrons. The van der Waals surface area contributed by atoms with Gasteiger partial charge in [-0.3, -0.25) is 14.4 Å².